The standard InChI is InChI=1S/C26H28N2O5/c29-24(30)14-23(25(31)27-15-17-8-2-1-3-9-17)28-26(32)33-16-22-20-12-6-4-10-18(20)19-11-5-7-13-21(19)22/h4-8,10-13,22-23H,1-3,9,14-16H2,(H,27,31)(H,28,32)(H,29,30). The number of carboxylic acid groups (broad SMARTS) is 1. The van der Waals surface area contributed by atoms with Crippen LogP contribution in [-0.4, -0.2) is 42.3 Å². The zero-order chi connectivity index (χ0) is 23.2. The number of alkyl carbamates (subject to hydrolysis) is 1. The lowest BCUT2D eigenvalue weighted by Crippen LogP contribution is -2.48. The summed E-state index contributed by atoms with van der Waals surface area (Å²) in [5, 5.41) is 14.4. The molecule has 1 unspecified atom stereocenters. The second-order valence-corrected chi connectivity index (χ2v) is 8.45. The van der Waals surface area contributed by atoms with Gasteiger partial charge >= 0.3 is 12.1 Å². The SMILES string of the molecule is O=C(O)CC(NC(=O)OCC1c2ccccc2-c2ccccc21)C(=O)NCC1=CCCCC1. The van der Waals surface area contributed by atoms with Gasteiger partial charge in [0.1, 0.15) is 12.6 Å². The molecule has 33 heavy (non-hydrogen) atoms. The minimum atomic E-state index is -1.21. The van der Waals surface area contributed by atoms with Crippen LogP contribution < -0.4 is 10.6 Å². The van der Waals surface area contributed by atoms with E-state index in [2.05, 4.69) is 16.7 Å². The first-order chi connectivity index (χ1) is 16.0. The van der Waals surface area contributed by atoms with Crippen molar-refractivity contribution >= 4 is 18.0 Å². The molecule has 7 nitrogen and oxygen atoms in total. The molecule has 0 heterocycles. The van der Waals surface area contributed by atoms with E-state index < -0.39 is 30.4 Å². The van der Waals surface area contributed by atoms with Crippen LogP contribution >= 0.6 is 0 Å². The molecule has 2 aliphatic carbocycles. The quantitative estimate of drug-likeness (QED) is 0.530. The Bertz CT molecular complexity index is 1030. The zero-order valence-electron chi connectivity index (χ0n) is 18.4. The van der Waals surface area contributed by atoms with Crippen LogP contribution in [-0.2, 0) is 14.3 Å². The molecule has 7 heteroatoms. The summed E-state index contributed by atoms with van der Waals surface area (Å²) in [4.78, 5) is 36.3. The van der Waals surface area contributed by atoms with E-state index >= 15 is 0 Å². The minimum Gasteiger partial charge on any atom is -0.481 e. The van der Waals surface area contributed by atoms with Crippen molar-refractivity contribution in [3.8, 4) is 11.1 Å². The van der Waals surface area contributed by atoms with E-state index in [1.54, 1.807) is 0 Å². The van der Waals surface area contributed by atoms with Gasteiger partial charge in [-0.2, -0.15) is 0 Å². The summed E-state index contributed by atoms with van der Waals surface area (Å²) < 4.78 is 5.46. The van der Waals surface area contributed by atoms with Crippen molar-refractivity contribution in [2.45, 2.75) is 44.1 Å². The van der Waals surface area contributed by atoms with Gasteiger partial charge in [-0.25, -0.2) is 4.79 Å². The van der Waals surface area contributed by atoms with Crippen molar-refractivity contribution in [2.75, 3.05) is 13.2 Å². The third-order valence-corrected chi connectivity index (χ3v) is 6.21. The maximum atomic E-state index is 12.6. The van der Waals surface area contributed by atoms with Gasteiger partial charge in [-0.1, -0.05) is 60.2 Å². The van der Waals surface area contributed by atoms with Gasteiger partial charge in [-0.3, -0.25) is 9.59 Å². The number of fused-ring (bicyclic) bond motifs is 3. The highest BCUT2D eigenvalue weighted by Gasteiger charge is 2.30. The lowest BCUT2D eigenvalue weighted by atomic mass is 9.98. The van der Waals surface area contributed by atoms with E-state index in [1.165, 1.54) is 0 Å². The predicted molar refractivity (Wildman–Crippen MR) is 124 cm³/mol. The monoisotopic (exact) mass is 448 g/mol. The van der Waals surface area contributed by atoms with E-state index in [1.807, 2.05) is 48.5 Å². The fourth-order valence-corrected chi connectivity index (χ4v) is 4.56. The second-order valence-electron chi connectivity index (χ2n) is 8.45. The molecule has 0 saturated carbocycles. The summed E-state index contributed by atoms with van der Waals surface area (Å²) in [7, 11) is 0. The van der Waals surface area contributed by atoms with Gasteiger partial charge in [0.25, 0.3) is 0 Å². The number of nitrogens with one attached hydrogen (secondary N) is 2. The van der Waals surface area contributed by atoms with Crippen molar-refractivity contribution < 1.29 is 24.2 Å². The Kier molecular flexibility index (Phi) is 7.07. The van der Waals surface area contributed by atoms with Crippen LogP contribution in [0.25, 0.3) is 11.1 Å². The molecule has 1 atom stereocenters. The molecule has 3 N–H and O–H groups in total. The van der Waals surface area contributed by atoms with Crippen LogP contribution in [0.5, 0.6) is 0 Å². The fraction of sp³-hybridized carbons (Fsp3) is 0.346. The van der Waals surface area contributed by atoms with E-state index in [4.69, 9.17) is 4.74 Å². The Hall–Kier alpha value is -3.61. The second kappa shape index (κ2) is 10.3. The highest BCUT2D eigenvalue weighted by atomic mass is 16.5. The minimum absolute atomic E-state index is 0.0914. The summed E-state index contributed by atoms with van der Waals surface area (Å²) in [5.41, 5.74) is 5.51. The highest BCUT2D eigenvalue weighted by molar-refractivity contribution is 5.89. The van der Waals surface area contributed by atoms with Gasteiger partial charge in [0.2, 0.25) is 5.91 Å². The number of ether oxygens (including phenoxy) is 1. The lowest BCUT2D eigenvalue weighted by Gasteiger charge is -2.20. The molecule has 2 aliphatic rings. The Morgan fingerprint density at radius 3 is 2.27 bits per heavy atom. The van der Waals surface area contributed by atoms with Gasteiger partial charge < -0.3 is 20.5 Å². The maximum Gasteiger partial charge on any atom is 0.407 e. The number of allylic oxidation sites excluding steroid dienone is 1. The number of rotatable bonds is 8. The van der Waals surface area contributed by atoms with Crippen LogP contribution in [0.15, 0.2) is 60.2 Å². The maximum absolute atomic E-state index is 12.6. The Labute approximate surface area is 192 Å². The molecule has 4 rings (SSSR count). The molecule has 2 amide bonds. The summed E-state index contributed by atoms with van der Waals surface area (Å²) in [6.45, 7) is 0.454. The number of hydrogen-bond donors (Lipinski definition) is 3. The van der Waals surface area contributed by atoms with Gasteiger partial charge in [0, 0.05) is 12.5 Å². The molecule has 2 aromatic rings. The van der Waals surface area contributed by atoms with E-state index in [0.717, 1.165) is 53.5 Å². The van der Waals surface area contributed by atoms with E-state index in [0.29, 0.717) is 6.54 Å². The largest absolute Gasteiger partial charge is 0.481 e. The molecule has 0 fully saturated rings. The molecular formula is C26H28N2O5. The first-order valence-electron chi connectivity index (χ1n) is 11.3. The fourth-order valence-electron chi connectivity index (χ4n) is 4.56. The van der Waals surface area contributed by atoms with Gasteiger partial charge in [-0.05, 0) is 47.9 Å². The number of hydrogen-bond acceptors (Lipinski definition) is 4. The Morgan fingerprint density at radius 1 is 1.00 bits per heavy atom. The first kappa shape index (κ1) is 22.6. The van der Waals surface area contributed by atoms with Gasteiger partial charge in [-0.15, -0.1) is 0 Å². The van der Waals surface area contributed by atoms with Crippen LogP contribution in [0.3, 0.4) is 0 Å². The molecule has 172 valence electrons. The number of carbonyl (C=O) groups excluding carboxylic acids is 2. The zero-order valence-corrected chi connectivity index (χ0v) is 18.4. The Balaban J connectivity index is 1.37. The summed E-state index contributed by atoms with van der Waals surface area (Å²) in [6, 6.07) is 14.8. The molecule has 0 radical (unpaired) electrons. The van der Waals surface area contributed by atoms with Crippen molar-refractivity contribution in [2.24, 2.45) is 0 Å². The molecule has 0 saturated heterocycles. The number of carboxylic acids is 1. The van der Waals surface area contributed by atoms with Crippen molar-refractivity contribution in [1.82, 2.24) is 10.6 Å². The van der Waals surface area contributed by atoms with Crippen molar-refractivity contribution in [3.05, 3.63) is 71.3 Å². The van der Waals surface area contributed by atoms with Gasteiger partial charge in [0.05, 0.1) is 6.42 Å². The average molecular weight is 449 g/mol. The van der Waals surface area contributed by atoms with Crippen molar-refractivity contribution in [3.63, 3.8) is 0 Å². The molecule has 2 aromatic carbocycles. The predicted octanol–water partition coefficient (Wildman–Crippen LogP) is 3.99. The number of benzene rings is 2. The summed E-state index contributed by atoms with van der Waals surface area (Å²) in [6.07, 6.45) is 4.91. The summed E-state index contributed by atoms with van der Waals surface area (Å²) >= 11 is 0. The smallest absolute Gasteiger partial charge is 0.407 e. The molecular weight excluding hydrogens is 420 g/mol. The van der Waals surface area contributed by atoms with E-state index in [-0.39, 0.29) is 12.5 Å². The normalized spacial score (nSPS) is 15.6. The average Bonchev–Trinajstić information content (AvgIpc) is 3.15. The van der Waals surface area contributed by atoms with Crippen LogP contribution in [0, 0.1) is 0 Å². The van der Waals surface area contributed by atoms with Crippen LogP contribution in [0.4, 0.5) is 4.79 Å². The Morgan fingerprint density at radius 2 is 1.67 bits per heavy atom. The number of amides is 2. The topological polar surface area (TPSA) is 105 Å². The molecule has 0 spiro atoms. The lowest BCUT2D eigenvalue weighted by molar-refractivity contribution is -0.139. The molecule has 0 bridgehead atoms. The van der Waals surface area contributed by atoms with Crippen LogP contribution in [0.2, 0.25) is 0 Å². The van der Waals surface area contributed by atoms with E-state index in [9.17, 15) is 19.5 Å². The van der Waals surface area contributed by atoms with Crippen LogP contribution in [0.1, 0.15) is 49.1 Å². The summed E-state index contributed by atoms with van der Waals surface area (Å²) in [5.74, 6) is -1.82. The third-order valence-electron chi connectivity index (χ3n) is 6.21. The first-order valence-corrected chi connectivity index (χ1v) is 11.3. The third kappa shape index (κ3) is 5.42. The van der Waals surface area contributed by atoms with Gasteiger partial charge in [0.15, 0.2) is 0 Å². The number of aliphatic carboxylic acids is 1. The van der Waals surface area contributed by atoms with Crippen molar-refractivity contribution in [1.29, 1.82) is 0 Å². The molecule has 0 aromatic heterocycles. The highest BCUT2D eigenvalue weighted by Crippen LogP contribution is 2.44. The number of carbonyl (C=O) groups is 3. The molecule has 0 aliphatic heterocycles.